The Kier molecular flexibility index (Phi) is 3.85. The van der Waals surface area contributed by atoms with Gasteiger partial charge in [0.2, 0.25) is 0 Å². The number of rotatable bonds is 3. The van der Waals surface area contributed by atoms with Crippen molar-refractivity contribution >= 4 is 33.3 Å². The Morgan fingerprint density at radius 2 is 2.22 bits per heavy atom. The molecule has 2 rings (SSSR count). The van der Waals surface area contributed by atoms with Crippen LogP contribution in [0.2, 0.25) is 5.02 Å². The molecule has 0 aliphatic carbocycles. The summed E-state index contributed by atoms with van der Waals surface area (Å²) in [5.41, 5.74) is 0.921. The number of nitriles is 1. The molecule has 0 spiro atoms. The first kappa shape index (κ1) is 12.9. The molecular formula is C13H7BrClNO2. The molecule has 0 N–H and O–H groups in total. The highest BCUT2D eigenvalue weighted by molar-refractivity contribution is 9.10. The summed E-state index contributed by atoms with van der Waals surface area (Å²) in [6, 6.07) is 10.2. The number of nitrogens with zero attached hydrogens (tertiary/aromatic N) is 1. The van der Waals surface area contributed by atoms with Gasteiger partial charge in [0.15, 0.2) is 10.5 Å². The number of ketones is 1. The topological polar surface area (TPSA) is 54.0 Å². The zero-order chi connectivity index (χ0) is 13.1. The van der Waals surface area contributed by atoms with Crippen LogP contribution in [0.3, 0.4) is 0 Å². The summed E-state index contributed by atoms with van der Waals surface area (Å²) in [6.07, 6.45) is 1.39. The molecule has 1 atom stereocenters. The van der Waals surface area contributed by atoms with Gasteiger partial charge in [0.05, 0.1) is 17.9 Å². The van der Waals surface area contributed by atoms with Gasteiger partial charge in [-0.1, -0.05) is 23.7 Å². The van der Waals surface area contributed by atoms with Crippen molar-refractivity contribution in [2.24, 2.45) is 0 Å². The third kappa shape index (κ3) is 2.47. The zero-order valence-corrected chi connectivity index (χ0v) is 11.4. The third-order valence-electron chi connectivity index (χ3n) is 2.46. The van der Waals surface area contributed by atoms with Crippen LogP contribution in [0.15, 0.2) is 45.7 Å². The van der Waals surface area contributed by atoms with Crippen LogP contribution < -0.4 is 0 Å². The highest BCUT2D eigenvalue weighted by Crippen LogP contribution is 2.27. The molecule has 3 nitrogen and oxygen atoms in total. The van der Waals surface area contributed by atoms with Crippen molar-refractivity contribution in [3.05, 3.63) is 57.4 Å². The lowest BCUT2D eigenvalue weighted by molar-refractivity contribution is 0.0977. The van der Waals surface area contributed by atoms with Crippen LogP contribution in [0.5, 0.6) is 0 Å². The van der Waals surface area contributed by atoms with Crippen molar-refractivity contribution < 1.29 is 9.21 Å². The number of carbonyl (C=O) groups is 1. The quantitative estimate of drug-likeness (QED) is 0.796. The number of halogens is 2. The van der Waals surface area contributed by atoms with Crippen LogP contribution in [0.25, 0.3) is 0 Å². The standard InChI is InChI=1S/C13H7BrClNO2/c14-13-10(4-5-18-13)12(17)11(7-16)8-2-1-3-9(15)6-8/h1-6,11H. The van der Waals surface area contributed by atoms with Gasteiger partial charge in [0.1, 0.15) is 5.92 Å². The molecule has 0 aliphatic heterocycles. The molecule has 0 amide bonds. The van der Waals surface area contributed by atoms with E-state index in [1.54, 1.807) is 24.3 Å². The van der Waals surface area contributed by atoms with E-state index in [0.717, 1.165) is 0 Å². The summed E-state index contributed by atoms with van der Waals surface area (Å²) in [7, 11) is 0. The van der Waals surface area contributed by atoms with Gasteiger partial charge in [0, 0.05) is 5.02 Å². The normalized spacial score (nSPS) is 11.8. The predicted molar refractivity (Wildman–Crippen MR) is 70.5 cm³/mol. The average Bonchev–Trinajstić information content (AvgIpc) is 2.76. The lowest BCUT2D eigenvalue weighted by Crippen LogP contribution is -2.10. The van der Waals surface area contributed by atoms with Gasteiger partial charge in [-0.05, 0) is 39.7 Å². The summed E-state index contributed by atoms with van der Waals surface area (Å²) in [5, 5.41) is 9.66. The van der Waals surface area contributed by atoms with Crippen LogP contribution >= 0.6 is 27.5 Å². The molecule has 5 heteroatoms. The first-order valence-corrected chi connectivity index (χ1v) is 6.23. The highest BCUT2D eigenvalue weighted by atomic mass is 79.9. The molecule has 0 aliphatic rings. The average molecular weight is 325 g/mol. The maximum atomic E-state index is 12.2. The Labute approximate surface area is 117 Å². The van der Waals surface area contributed by atoms with E-state index in [-0.39, 0.29) is 5.78 Å². The number of carbonyl (C=O) groups excluding carboxylic acids is 1. The van der Waals surface area contributed by atoms with E-state index < -0.39 is 5.92 Å². The second-order valence-corrected chi connectivity index (χ2v) is 4.75. The van der Waals surface area contributed by atoms with E-state index >= 15 is 0 Å². The second kappa shape index (κ2) is 5.38. The molecule has 1 heterocycles. The lowest BCUT2D eigenvalue weighted by atomic mass is 9.93. The number of Topliss-reactive ketones (excluding diaryl/α,β-unsaturated/α-hetero) is 1. The maximum absolute atomic E-state index is 12.2. The SMILES string of the molecule is N#CC(C(=O)c1ccoc1Br)c1cccc(Cl)c1. The number of hydrogen-bond acceptors (Lipinski definition) is 3. The molecule has 1 aromatic heterocycles. The molecule has 2 aromatic rings. The summed E-state index contributed by atoms with van der Waals surface area (Å²) >= 11 is 8.99. The fraction of sp³-hybridized carbons (Fsp3) is 0.0769. The van der Waals surface area contributed by atoms with Crippen LogP contribution in [0.4, 0.5) is 0 Å². The van der Waals surface area contributed by atoms with Crippen LogP contribution in [-0.4, -0.2) is 5.78 Å². The summed E-state index contributed by atoms with van der Waals surface area (Å²) in [6.45, 7) is 0. The first-order valence-electron chi connectivity index (χ1n) is 5.05. The van der Waals surface area contributed by atoms with Crippen molar-refractivity contribution in [3.8, 4) is 6.07 Å². The molecule has 0 bridgehead atoms. The lowest BCUT2D eigenvalue weighted by Gasteiger charge is -2.07. The molecule has 90 valence electrons. The first-order chi connectivity index (χ1) is 8.63. The maximum Gasteiger partial charge on any atom is 0.188 e. The second-order valence-electron chi connectivity index (χ2n) is 3.59. The fourth-order valence-electron chi connectivity index (χ4n) is 1.60. The van der Waals surface area contributed by atoms with E-state index in [0.29, 0.717) is 20.8 Å². The Morgan fingerprint density at radius 1 is 1.44 bits per heavy atom. The van der Waals surface area contributed by atoms with Crippen molar-refractivity contribution in [3.63, 3.8) is 0 Å². The predicted octanol–water partition coefficient (Wildman–Crippen LogP) is 4.19. The third-order valence-corrected chi connectivity index (χ3v) is 3.31. The fourth-order valence-corrected chi connectivity index (χ4v) is 2.23. The largest absolute Gasteiger partial charge is 0.457 e. The molecular weight excluding hydrogens is 318 g/mol. The van der Waals surface area contributed by atoms with E-state index in [1.807, 2.05) is 6.07 Å². The number of hydrogen-bond donors (Lipinski definition) is 0. The van der Waals surface area contributed by atoms with Gasteiger partial charge in [-0.2, -0.15) is 5.26 Å². The van der Waals surface area contributed by atoms with Crippen molar-refractivity contribution in [1.82, 2.24) is 0 Å². The van der Waals surface area contributed by atoms with Crippen LogP contribution in [0.1, 0.15) is 21.8 Å². The zero-order valence-electron chi connectivity index (χ0n) is 9.06. The number of furan rings is 1. The van der Waals surface area contributed by atoms with Crippen molar-refractivity contribution in [2.45, 2.75) is 5.92 Å². The molecule has 0 saturated heterocycles. The molecule has 1 aromatic carbocycles. The smallest absolute Gasteiger partial charge is 0.188 e. The Balaban J connectivity index is 2.39. The monoisotopic (exact) mass is 323 g/mol. The van der Waals surface area contributed by atoms with E-state index in [1.165, 1.54) is 12.3 Å². The molecule has 0 radical (unpaired) electrons. The van der Waals surface area contributed by atoms with Crippen molar-refractivity contribution in [1.29, 1.82) is 5.26 Å². The molecule has 18 heavy (non-hydrogen) atoms. The van der Waals surface area contributed by atoms with Gasteiger partial charge in [-0.3, -0.25) is 4.79 Å². The van der Waals surface area contributed by atoms with Gasteiger partial charge in [0.25, 0.3) is 0 Å². The molecule has 0 saturated carbocycles. The van der Waals surface area contributed by atoms with Crippen molar-refractivity contribution in [2.75, 3.05) is 0 Å². The van der Waals surface area contributed by atoms with E-state index in [4.69, 9.17) is 16.0 Å². The minimum absolute atomic E-state index is 0.319. The minimum atomic E-state index is -0.891. The summed E-state index contributed by atoms with van der Waals surface area (Å²) < 4.78 is 5.33. The Bertz CT molecular complexity index is 630. The van der Waals surface area contributed by atoms with Gasteiger partial charge in [-0.25, -0.2) is 0 Å². The van der Waals surface area contributed by atoms with Gasteiger partial charge >= 0.3 is 0 Å². The minimum Gasteiger partial charge on any atom is -0.457 e. The van der Waals surface area contributed by atoms with E-state index in [9.17, 15) is 10.1 Å². The highest BCUT2D eigenvalue weighted by Gasteiger charge is 2.25. The Morgan fingerprint density at radius 3 is 2.78 bits per heavy atom. The molecule has 1 unspecified atom stereocenters. The van der Waals surface area contributed by atoms with E-state index in [2.05, 4.69) is 15.9 Å². The summed E-state index contributed by atoms with van der Waals surface area (Å²) in [4.78, 5) is 12.2. The van der Waals surface area contributed by atoms with Gasteiger partial charge < -0.3 is 4.42 Å². The summed E-state index contributed by atoms with van der Waals surface area (Å²) in [5.74, 6) is -1.21. The molecule has 0 fully saturated rings. The van der Waals surface area contributed by atoms with Gasteiger partial charge in [-0.15, -0.1) is 0 Å². The number of benzene rings is 1. The Hall–Kier alpha value is -1.57. The van der Waals surface area contributed by atoms with Crippen LogP contribution in [0, 0.1) is 11.3 Å². The van der Waals surface area contributed by atoms with Crippen LogP contribution in [-0.2, 0) is 0 Å².